The first-order valence-corrected chi connectivity index (χ1v) is 0.813. The molecule has 0 aromatic carbocycles. The minimum atomic E-state index is 0. The summed E-state index contributed by atoms with van der Waals surface area (Å²) in [5, 5.41) is 0. The van der Waals surface area contributed by atoms with Crippen LogP contribution in [0, 0.1) is 0 Å². The number of carbonyl (C=O) groups is 1. The smallest absolute Gasteiger partial charge is 1.00 e. The number of aldehydes is 1. The van der Waals surface area contributed by atoms with Gasteiger partial charge in [-0.25, -0.2) is 0 Å². The van der Waals surface area contributed by atoms with Crippen molar-refractivity contribution in [1.82, 2.24) is 0 Å². The molecule has 0 unspecified atom stereocenters. The molecule has 0 spiro atoms. The Balaban J connectivity index is -0.00000000333. The van der Waals surface area contributed by atoms with Crippen molar-refractivity contribution in [3.05, 3.63) is 0 Å². The summed E-state index contributed by atoms with van der Waals surface area (Å²) in [7, 11) is 0. The molecule has 0 aromatic heterocycles. The Kier molecular flexibility index (Phi) is 55.5. The van der Waals surface area contributed by atoms with Gasteiger partial charge in [0.1, 0.15) is 6.29 Å². The van der Waals surface area contributed by atoms with Gasteiger partial charge in [0.2, 0.25) is 0 Å². The zero-order chi connectivity index (χ0) is 2.71. The average Bonchev–Trinajstić information content (AvgIpc) is 0.918. The molecule has 0 aliphatic heterocycles. The van der Waals surface area contributed by atoms with Crippen LogP contribution in [0.2, 0.25) is 0 Å². The van der Waals surface area contributed by atoms with Crippen molar-refractivity contribution in [2.24, 2.45) is 0 Å². The predicted molar refractivity (Wildman–Crippen MR) is 19.7 cm³/mol. The summed E-state index contributed by atoms with van der Waals surface area (Å²) in [6.07, 6.45) is 0.750. The minimum Gasteiger partial charge on any atom is -1.00 e. The Labute approximate surface area is 79.4 Å². The van der Waals surface area contributed by atoms with E-state index in [1.54, 1.807) is 0 Å². The van der Waals surface area contributed by atoms with E-state index in [0.717, 1.165) is 6.29 Å². The number of carbonyl (C=O) groups excluding carboxylic acids is 1. The van der Waals surface area contributed by atoms with E-state index in [1.807, 2.05) is 0 Å². The summed E-state index contributed by atoms with van der Waals surface area (Å²) in [6.45, 7) is 1.44. The first-order valence-electron chi connectivity index (χ1n) is 0.813. The molecule has 0 radical (unpaired) electrons. The largest absolute Gasteiger partial charge is 2.00 e. The average molecular weight is 134 g/mol. The van der Waals surface area contributed by atoms with Gasteiger partial charge in [0.05, 0.1) is 0 Å². The van der Waals surface area contributed by atoms with E-state index in [4.69, 9.17) is 4.79 Å². The molecule has 0 N–H and O–H groups in total. The summed E-state index contributed by atoms with van der Waals surface area (Å²) >= 11 is 0. The van der Waals surface area contributed by atoms with Gasteiger partial charge in [-0.3, -0.25) is 0 Å². The fourth-order valence-electron chi connectivity index (χ4n) is 0. The molecule has 0 atom stereocenters. The second kappa shape index (κ2) is 17.4. The van der Waals surface area contributed by atoms with Gasteiger partial charge >= 0.3 is 37.7 Å². The molecular formula is C2H6CaOTi. The number of hydrogen-bond acceptors (Lipinski definition) is 1. The summed E-state index contributed by atoms with van der Waals surface area (Å²) in [5.74, 6) is 0. The topological polar surface area (TPSA) is 17.1 Å². The van der Waals surface area contributed by atoms with Gasteiger partial charge in [-0.1, -0.05) is 0 Å². The summed E-state index contributed by atoms with van der Waals surface area (Å²) in [5.41, 5.74) is 0. The molecule has 0 rings (SSSR count). The van der Waals surface area contributed by atoms with Crippen LogP contribution in [0.25, 0.3) is 0 Å². The molecule has 0 aliphatic rings. The van der Waals surface area contributed by atoms with E-state index < -0.39 is 0 Å². The van der Waals surface area contributed by atoms with E-state index in [2.05, 4.69) is 0 Å². The molecule has 0 heterocycles. The fourth-order valence-corrected chi connectivity index (χ4v) is 0. The van der Waals surface area contributed by atoms with Crippen LogP contribution in [0.3, 0.4) is 0 Å². The molecule has 3 heteroatoms. The molecule has 0 fully saturated rings. The van der Waals surface area contributed by atoms with E-state index in [0.29, 0.717) is 0 Å². The van der Waals surface area contributed by atoms with E-state index in [9.17, 15) is 0 Å². The van der Waals surface area contributed by atoms with Crippen LogP contribution in [-0.4, -0.2) is 44.0 Å². The van der Waals surface area contributed by atoms with Crippen LogP contribution < -0.4 is 0 Å². The molecular weight excluding hydrogens is 128 g/mol. The zero-order valence-electron chi connectivity index (χ0n) is 5.19. The summed E-state index contributed by atoms with van der Waals surface area (Å²) < 4.78 is 0. The second-order valence-electron chi connectivity index (χ2n) is 0.236. The van der Waals surface area contributed by atoms with Crippen LogP contribution in [0.5, 0.6) is 0 Å². The maximum Gasteiger partial charge on any atom is 2.00 e. The monoisotopic (exact) mass is 134 g/mol. The summed E-state index contributed by atoms with van der Waals surface area (Å²) in [6, 6.07) is 0. The van der Waals surface area contributed by atoms with Crippen molar-refractivity contribution in [2.75, 3.05) is 0 Å². The maximum atomic E-state index is 8.81. The van der Waals surface area contributed by atoms with Gasteiger partial charge < -0.3 is 7.65 Å². The summed E-state index contributed by atoms with van der Waals surface area (Å²) in [4.78, 5) is 8.81. The van der Waals surface area contributed by atoms with Crippen LogP contribution in [0.15, 0.2) is 0 Å². The third kappa shape index (κ3) is 27.7. The van der Waals surface area contributed by atoms with Crippen molar-refractivity contribution in [3.63, 3.8) is 0 Å². The Morgan fingerprint density at radius 2 is 1.80 bits per heavy atom. The molecule has 1 nitrogen and oxygen atoms in total. The van der Waals surface area contributed by atoms with Gasteiger partial charge in [0, 0.05) is 21.7 Å². The van der Waals surface area contributed by atoms with Crippen molar-refractivity contribution in [1.29, 1.82) is 0 Å². The first kappa shape index (κ1) is 15.9. The van der Waals surface area contributed by atoms with E-state index >= 15 is 0 Å². The normalized spacial score (nSPS) is 2.60. The predicted octanol–water partition coefficient (Wildman–Crippen LogP) is 0.0469. The zero-order valence-corrected chi connectivity index (χ0v) is 6.96. The van der Waals surface area contributed by atoms with Crippen molar-refractivity contribution >= 4 is 44.0 Å². The van der Waals surface area contributed by atoms with Crippen LogP contribution in [0.4, 0.5) is 0 Å². The van der Waals surface area contributed by atoms with Crippen molar-refractivity contribution < 1.29 is 29.4 Å². The SMILES string of the molecule is CC=O.[Ca+2].[H-].[H-].[Ti]. The molecule has 0 aromatic rings. The minimum absolute atomic E-state index is 0. The molecule has 0 bridgehead atoms. The molecule has 0 amide bonds. The van der Waals surface area contributed by atoms with Crippen LogP contribution in [0.1, 0.15) is 9.78 Å². The standard InChI is InChI=1S/C2H4O.Ca.Ti.2H/c1-2-3;;;;/h2H,1H3;;;;/q;+2;;2*-1. The van der Waals surface area contributed by atoms with Gasteiger partial charge in [0.25, 0.3) is 0 Å². The fraction of sp³-hybridized carbons (Fsp3) is 0.500. The Bertz CT molecular complexity index is 23.2. The Morgan fingerprint density at radius 3 is 1.80 bits per heavy atom. The number of rotatable bonds is 0. The third-order valence-corrected chi connectivity index (χ3v) is 0. The van der Waals surface area contributed by atoms with Gasteiger partial charge in [-0.05, 0) is 6.92 Å². The molecule has 0 aliphatic carbocycles. The van der Waals surface area contributed by atoms with Crippen LogP contribution in [-0.2, 0) is 26.5 Å². The molecule has 5 heavy (non-hydrogen) atoms. The Hall–Kier alpha value is 1.64. The third-order valence-electron chi connectivity index (χ3n) is 0. The Morgan fingerprint density at radius 1 is 1.80 bits per heavy atom. The van der Waals surface area contributed by atoms with Gasteiger partial charge in [0.15, 0.2) is 0 Å². The van der Waals surface area contributed by atoms with Gasteiger partial charge in [-0.15, -0.1) is 0 Å². The quantitative estimate of drug-likeness (QED) is 0.338. The van der Waals surface area contributed by atoms with Crippen molar-refractivity contribution in [3.8, 4) is 0 Å². The number of hydrogen-bond donors (Lipinski definition) is 0. The molecule has 0 saturated carbocycles. The van der Waals surface area contributed by atoms with Crippen LogP contribution >= 0.6 is 0 Å². The first-order chi connectivity index (χ1) is 1.41. The van der Waals surface area contributed by atoms with Crippen molar-refractivity contribution in [2.45, 2.75) is 6.92 Å². The van der Waals surface area contributed by atoms with E-state index in [-0.39, 0.29) is 62.3 Å². The second-order valence-corrected chi connectivity index (χ2v) is 0.236. The maximum absolute atomic E-state index is 8.81. The molecule has 0 saturated heterocycles. The van der Waals surface area contributed by atoms with Gasteiger partial charge in [-0.2, -0.15) is 0 Å². The van der Waals surface area contributed by atoms with E-state index in [1.165, 1.54) is 6.92 Å². The molecule has 26 valence electrons.